The summed E-state index contributed by atoms with van der Waals surface area (Å²) >= 11 is 0. The van der Waals surface area contributed by atoms with Gasteiger partial charge in [0.2, 0.25) is 0 Å². The number of hydroxylamine groups is 5. The highest BCUT2D eigenvalue weighted by Gasteiger charge is 2.20. The molecule has 0 bridgehead atoms. The molecule has 2 aromatic carbocycles. The van der Waals surface area contributed by atoms with Crippen LogP contribution < -0.4 is 9.47 Å². The number of quaternary nitrogens is 1. The van der Waals surface area contributed by atoms with E-state index in [1.807, 2.05) is 50.5 Å². The average Bonchev–Trinajstić information content (AvgIpc) is 2.66. The largest absolute Gasteiger partial charge is 0.427 e. The summed E-state index contributed by atoms with van der Waals surface area (Å²) in [4.78, 5) is 28.0. The maximum absolute atomic E-state index is 11.0. The number of nitrogens with zero attached hydrogens (tertiary/aromatic N) is 2. The van der Waals surface area contributed by atoms with Gasteiger partial charge in [0, 0.05) is 33.9 Å². The summed E-state index contributed by atoms with van der Waals surface area (Å²) < 4.78 is 10.5. The van der Waals surface area contributed by atoms with Gasteiger partial charge in [-0.2, -0.15) is 4.65 Å². The fraction of sp³-hybridized carbons (Fsp3) is 0.391. The second-order valence-corrected chi connectivity index (χ2v) is 7.71. The number of rotatable bonds is 10. The van der Waals surface area contributed by atoms with Crippen LogP contribution >= 0.6 is 0 Å². The zero-order valence-corrected chi connectivity index (χ0v) is 18.4. The van der Waals surface area contributed by atoms with Gasteiger partial charge in [0.15, 0.2) is 0 Å². The lowest BCUT2D eigenvalue weighted by Gasteiger charge is -2.30. The number of hydrogen-bond donors (Lipinski definition) is 0. The summed E-state index contributed by atoms with van der Waals surface area (Å²) in [6.07, 6.45) is 1.65. The van der Waals surface area contributed by atoms with Crippen molar-refractivity contribution in [3.05, 3.63) is 59.7 Å². The van der Waals surface area contributed by atoms with Crippen molar-refractivity contribution >= 4 is 11.9 Å². The van der Waals surface area contributed by atoms with Gasteiger partial charge in [-0.3, -0.25) is 9.59 Å². The maximum atomic E-state index is 11.0. The molecule has 0 N–H and O–H groups in total. The minimum atomic E-state index is -0.323. The zero-order valence-electron chi connectivity index (χ0n) is 18.4. The van der Waals surface area contributed by atoms with Gasteiger partial charge >= 0.3 is 11.9 Å². The first-order valence-corrected chi connectivity index (χ1v) is 9.91. The van der Waals surface area contributed by atoms with E-state index in [0.29, 0.717) is 16.1 Å². The Kier molecular flexibility index (Phi) is 8.53. The molecule has 7 nitrogen and oxygen atoms in total. The predicted molar refractivity (Wildman–Crippen MR) is 114 cm³/mol. The lowest BCUT2D eigenvalue weighted by Crippen LogP contribution is -2.46. The van der Waals surface area contributed by atoms with Crippen molar-refractivity contribution in [2.45, 2.75) is 26.7 Å². The number of benzene rings is 2. The third-order valence-corrected chi connectivity index (χ3v) is 4.38. The molecule has 0 atom stereocenters. The summed E-state index contributed by atoms with van der Waals surface area (Å²) in [5.74, 6) is 0.458. The summed E-state index contributed by atoms with van der Waals surface area (Å²) in [6.45, 7) is 4.29. The van der Waals surface area contributed by atoms with E-state index in [0.717, 1.165) is 37.1 Å². The van der Waals surface area contributed by atoms with Crippen LogP contribution in [0.1, 0.15) is 25.0 Å². The average molecular weight is 416 g/mol. The quantitative estimate of drug-likeness (QED) is 0.257. The molecular weight excluding hydrogens is 384 g/mol. The van der Waals surface area contributed by atoms with Crippen LogP contribution in [0.5, 0.6) is 11.5 Å². The van der Waals surface area contributed by atoms with Crippen molar-refractivity contribution < 1.29 is 28.6 Å². The second kappa shape index (κ2) is 10.9. The minimum absolute atomic E-state index is 0.322. The third-order valence-electron chi connectivity index (χ3n) is 4.38. The second-order valence-electron chi connectivity index (χ2n) is 7.71. The van der Waals surface area contributed by atoms with Crippen LogP contribution in [0.2, 0.25) is 0 Å². The number of likely N-dealkylation sites (N-methyl/N-ethyl adjacent to an activating group) is 2. The lowest BCUT2D eigenvalue weighted by molar-refractivity contribution is -1.10. The van der Waals surface area contributed by atoms with E-state index >= 15 is 0 Å². The molecule has 162 valence electrons. The fourth-order valence-corrected chi connectivity index (χ4v) is 2.92. The predicted octanol–water partition coefficient (Wildman–Crippen LogP) is 3.18. The molecule has 0 aromatic heterocycles. The van der Waals surface area contributed by atoms with Crippen LogP contribution in [-0.4, -0.2) is 55.9 Å². The minimum Gasteiger partial charge on any atom is -0.427 e. The van der Waals surface area contributed by atoms with Crippen LogP contribution in [0.15, 0.2) is 48.5 Å². The number of carbonyl (C=O) groups is 2. The Bertz CT molecular complexity index is 832. The highest BCUT2D eigenvalue weighted by Crippen LogP contribution is 2.15. The Morgan fingerprint density at radius 2 is 1.23 bits per heavy atom. The molecule has 2 aromatic rings. The standard InChI is InChI=1S/C23H31N2O5/c1-18(26)28-22-10-6-20(7-11-22)14-16-24(3)30-25(4,5)17-15-21-8-12-23(13-9-21)29-19(2)27/h6-13H,14-17H2,1-5H3/q+1. The van der Waals surface area contributed by atoms with Gasteiger partial charge < -0.3 is 9.47 Å². The molecule has 0 saturated heterocycles. The molecule has 0 amide bonds. The van der Waals surface area contributed by atoms with E-state index in [9.17, 15) is 9.59 Å². The van der Waals surface area contributed by atoms with Crippen LogP contribution in [0.3, 0.4) is 0 Å². The lowest BCUT2D eigenvalue weighted by atomic mass is 10.1. The van der Waals surface area contributed by atoms with Crippen LogP contribution in [0.4, 0.5) is 0 Å². The Balaban J connectivity index is 1.77. The molecule has 0 saturated carbocycles. The van der Waals surface area contributed by atoms with Crippen molar-refractivity contribution in [2.75, 3.05) is 34.2 Å². The monoisotopic (exact) mass is 415 g/mol. The molecule has 7 heteroatoms. The summed E-state index contributed by atoms with van der Waals surface area (Å²) in [7, 11) is 5.94. The first kappa shape index (κ1) is 23.5. The summed E-state index contributed by atoms with van der Waals surface area (Å²) in [5, 5.41) is 1.84. The highest BCUT2D eigenvalue weighted by molar-refractivity contribution is 5.69. The molecule has 0 fully saturated rings. The van der Waals surface area contributed by atoms with E-state index in [2.05, 4.69) is 0 Å². The van der Waals surface area contributed by atoms with Crippen LogP contribution in [-0.2, 0) is 27.4 Å². The van der Waals surface area contributed by atoms with Crippen molar-refractivity contribution in [2.24, 2.45) is 0 Å². The van der Waals surface area contributed by atoms with Gasteiger partial charge in [-0.25, -0.2) is 0 Å². The van der Waals surface area contributed by atoms with Crippen molar-refractivity contribution in [1.82, 2.24) is 5.06 Å². The molecular formula is C23H31N2O5+. The maximum Gasteiger partial charge on any atom is 0.308 e. The smallest absolute Gasteiger partial charge is 0.308 e. The van der Waals surface area contributed by atoms with Gasteiger partial charge in [-0.1, -0.05) is 24.3 Å². The first-order valence-electron chi connectivity index (χ1n) is 9.91. The topological polar surface area (TPSA) is 65.1 Å². The van der Waals surface area contributed by atoms with E-state index in [-0.39, 0.29) is 11.9 Å². The molecule has 0 unspecified atom stereocenters. The van der Waals surface area contributed by atoms with E-state index < -0.39 is 0 Å². The third kappa shape index (κ3) is 8.73. The molecule has 0 radical (unpaired) electrons. The molecule has 30 heavy (non-hydrogen) atoms. The Morgan fingerprint density at radius 1 is 0.800 bits per heavy atom. The van der Waals surface area contributed by atoms with Crippen LogP contribution in [0.25, 0.3) is 0 Å². The van der Waals surface area contributed by atoms with Crippen molar-refractivity contribution in [3.63, 3.8) is 0 Å². The Hall–Kier alpha value is -2.74. The fourth-order valence-electron chi connectivity index (χ4n) is 2.92. The molecule has 0 aliphatic rings. The Morgan fingerprint density at radius 3 is 1.67 bits per heavy atom. The highest BCUT2D eigenvalue weighted by atomic mass is 16.9. The van der Waals surface area contributed by atoms with E-state index in [1.54, 1.807) is 24.3 Å². The van der Waals surface area contributed by atoms with Gasteiger partial charge in [0.1, 0.15) is 32.1 Å². The number of esters is 2. The zero-order chi connectivity index (χ0) is 22.1. The summed E-state index contributed by atoms with van der Waals surface area (Å²) in [5.41, 5.74) is 2.29. The number of hydrogen-bond acceptors (Lipinski definition) is 6. The van der Waals surface area contributed by atoms with E-state index in [1.165, 1.54) is 13.8 Å². The molecule has 0 spiro atoms. The molecule has 2 rings (SSSR count). The molecule has 0 aliphatic carbocycles. The van der Waals surface area contributed by atoms with Gasteiger partial charge in [0.05, 0.1) is 0 Å². The molecule has 0 heterocycles. The van der Waals surface area contributed by atoms with Gasteiger partial charge in [-0.15, -0.1) is 10.0 Å². The number of carbonyl (C=O) groups excluding carboxylic acids is 2. The normalized spacial score (nSPS) is 11.4. The Labute approximate surface area is 178 Å². The van der Waals surface area contributed by atoms with Gasteiger partial charge in [0.25, 0.3) is 0 Å². The first-order chi connectivity index (χ1) is 14.1. The summed E-state index contributed by atoms with van der Waals surface area (Å²) in [6, 6.07) is 15.0. The van der Waals surface area contributed by atoms with E-state index in [4.69, 9.17) is 14.4 Å². The van der Waals surface area contributed by atoms with Gasteiger partial charge in [-0.05, 0) is 41.8 Å². The van der Waals surface area contributed by atoms with Crippen molar-refractivity contribution in [3.8, 4) is 11.5 Å². The SMILES string of the molecule is CC(=O)Oc1ccc(CCN(C)O[N+](C)(C)CCc2ccc(OC(C)=O)cc2)cc1. The number of ether oxygens (including phenoxy) is 2. The molecule has 0 aliphatic heterocycles. The van der Waals surface area contributed by atoms with Crippen molar-refractivity contribution in [1.29, 1.82) is 0 Å². The van der Waals surface area contributed by atoms with Crippen LogP contribution in [0, 0.1) is 0 Å².